The van der Waals surface area contributed by atoms with Crippen molar-refractivity contribution in [3.05, 3.63) is 0 Å². The van der Waals surface area contributed by atoms with Gasteiger partial charge in [0.25, 0.3) is 0 Å². The molecule has 0 spiro atoms. The molecule has 0 aliphatic carbocycles. The average Bonchev–Trinajstić information content (AvgIpc) is 2.23. The van der Waals surface area contributed by atoms with Crippen molar-refractivity contribution in [3.8, 4) is 0 Å². The number of aliphatic carboxylic acids is 2. The van der Waals surface area contributed by atoms with Gasteiger partial charge in [0.05, 0.1) is 12.6 Å². The summed E-state index contributed by atoms with van der Waals surface area (Å²) in [6.07, 6.45) is -0.498. The molecular formula is C10H18N2O6. The number of rotatable bonds is 8. The molecule has 0 saturated carbocycles. The van der Waals surface area contributed by atoms with E-state index in [0.717, 1.165) is 0 Å². The molecule has 0 saturated heterocycles. The number of methoxy groups -OCH3 is 1. The van der Waals surface area contributed by atoms with Crippen molar-refractivity contribution in [2.75, 3.05) is 13.7 Å². The highest BCUT2D eigenvalue weighted by molar-refractivity contribution is 5.83. The summed E-state index contributed by atoms with van der Waals surface area (Å²) in [6.45, 7) is 1.98. The predicted molar refractivity (Wildman–Crippen MR) is 61.3 cm³/mol. The number of nitrogens with one attached hydrogen (secondary N) is 2. The van der Waals surface area contributed by atoms with E-state index in [1.807, 2.05) is 0 Å². The Balaban J connectivity index is 4.19. The molecule has 0 fully saturated rings. The van der Waals surface area contributed by atoms with Gasteiger partial charge in [-0.1, -0.05) is 0 Å². The summed E-state index contributed by atoms with van der Waals surface area (Å²) in [6, 6.07) is -2.17. The van der Waals surface area contributed by atoms with E-state index in [9.17, 15) is 14.4 Å². The molecule has 4 N–H and O–H groups in total. The summed E-state index contributed by atoms with van der Waals surface area (Å²) in [5, 5.41) is 21.9. The lowest BCUT2D eigenvalue weighted by Gasteiger charge is -2.17. The van der Waals surface area contributed by atoms with Crippen LogP contribution >= 0.6 is 0 Å². The zero-order chi connectivity index (χ0) is 14.1. The van der Waals surface area contributed by atoms with Crippen molar-refractivity contribution in [1.29, 1.82) is 0 Å². The monoisotopic (exact) mass is 262 g/mol. The maximum Gasteiger partial charge on any atom is 0.326 e. The second kappa shape index (κ2) is 8.29. The molecule has 8 nitrogen and oxygen atoms in total. The Bertz CT molecular complexity index is 307. The third-order valence-corrected chi connectivity index (χ3v) is 2.04. The van der Waals surface area contributed by atoms with Crippen molar-refractivity contribution < 1.29 is 29.3 Å². The van der Waals surface area contributed by atoms with Crippen LogP contribution in [0.3, 0.4) is 0 Å². The maximum atomic E-state index is 11.4. The van der Waals surface area contributed by atoms with Crippen LogP contribution in [0.4, 0.5) is 4.79 Å². The van der Waals surface area contributed by atoms with E-state index in [1.165, 1.54) is 7.11 Å². The molecule has 2 amide bonds. The number of carbonyl (C=O) groups is 3. The topological polar surface area (TPSA) is 125 Å². The van der Waals surface area contributed by atoms with Gasteiger partial charge >= 0.3 is 18.0 Å². The minimum Gasteiger partial charge on any atom is -0.481 e. The smallest absolute Gasteiger partial charge is 0.326 e. The second-order valence-corrected chi connectivity index (χ2v) is 3.80. The Morgan fingerprint density at radius 3 is 2.28 bits per heavy atom. The average molecular weight is 262 g/mol. The number of carbonyl (C=O) groups excluding carboxylic acids is 1. The van der Waals surface area contributed by atoms with Gasteiger partial charge in [0.15, 0.2) is 0 Å². The highest BCUT2D eigenvalue weighted by Crippen LogP contribution is 1.98. The number of amides is 2. The molecule has 0 aromatic carbocycles. The third kappa shape index (κ3) is 7.44. The fraction of sp³-hybridized carbons (Fsp3) is 0.700. The Morgan fingerprint density at radius 1 is 1.22 bits per heavy atom. The minimum absolute atomic E-state index is 0.170. The number of hydrogen-bond acceptors (Lipinski definition) is 4. The van der Waals surface area contributed by atoms with E-state index >= 15 is 0 Å². The number of carboxylic acid groups (broad SMARTS) is 2. The van der Waals surface area contributed by atoms with Crippen molar-refractivity contribution >= 4 is 18.0 Å². The van der Waals surface area contributed by atoms with Gasteiger partial charge in [-0.3, -0.25) is 4.79 Å². The minimum atomic E-state index is -1.27. The van der Waals surface area contributed by atoms with Gasteiger partial charge < -0.3 is 25.6 Å². The first-order valence-electron chi connectivity index (χ1n) is 5.37. The summed E-state index contributed by atoms with van der Waals surface area (Å²) in [4.78, 5) is 32.5. The van der Waals surface area contributed by atoms with Crippen LogP contribution in [0, 0.1) is 0 Å². The Kier molecular flexibility index (Phi) is 7.45. The van der Waals surface area contributed by atoms with Gasteiger partial charge in [0.1, 0.15) is 6.04 Å². The molecule has 104 valence electrons. The fourth-order valence-corrected chi connectivity index (χ4v) is 1.24. The first-order valence-corrected chi connectivity index (χ1v) is 5.37. The number of urea groups is 1. The van der Waals surface area contributed by atoms with Gasteiger partial charge in [0, 0.05) is 13.5 Å². The van der Waals surface area contributed by atoms with E-state index in [-0.39, 0.29) is 18.9 Å². The van der Waals surface area contributed by atoms with Gasteiger partial charge in [0.2, 0.25) is 0 Å². The van der Waals surface area contributed by atoms with Crippen LogP contribution in [0.5, 0.6) is 0 Å². The summed E-state index contributed by atoms with van der Waals surface area (Å²) in [5.41, 5.74) is 0. The highest BCUT2D eigenvalue weighted by atomic mass is 16.5. The van der Waals surface area contributed by atoms with Crippen LogP contribution in [0.2, 0.25) is 0 Å². The zero-order valence-electron chi connectivity index (χ0n) is 10.3. The SMILES string of the molecule is COCC(C)NC(=O)NC(CCC(=O)O)C(=O)O. The largest absolute Gasteiger partial charge is 0.481 e. The summed E-state index contributed by atoms with van der Waals surface area (Å²) in [5.74, 6) is -2.39. The molecule has 18 heavy (non-hydrogen) atoms. The maximum absolute atomic E-state index is 11.4. The standard InChI is InChI=1S/C10H18N2O6/c1-6(5-18-2)11-10(17)12-7(9(15)16)3-4-8(13)14/h6-7H,3-5H2,1-2H3,(H,13,14)(H,15,16)(H2,11,12,17). The highest BCUT2D eigenvalue weighted by Gasteiger charge is 2.21. The van der Waals surface area contributed by atoms with Crippen LogP contribution in [-0.2, 0) is 14.3 Å². The second-order valence-electron chi connectivity index (χ2n) is 3.80. The molecular weight excluding hydrogens is 244 g/mol. The lowest BCUT2D eigenvalue weighted by molar-refractivity contribution is -0.140. The molecule has 0 aliphatic heterocycles. The third-order valence-electron chi connectivity index (χ3n) is 2.04. The van der Waals surface area contributed by atoms with E-state index < -0.39 is 24.0 Å². The molecule has 0 rings (SSSR count). The fourth-order valence-electron chi connectivity index (χ4n) is 1.24. The molecule has 0 aromatic rings. The van der Waals surface area contributed by atoms with E-state index in [0.29, 0.717) is 6.61 Å². The van der Waals surface area contributed by atoms with Gasteiger partial charge in [-0.05, 0) is 13.3 Å². The lowest BCUT2D eigenvalue weighted by Crippen LogP contribution is -2.49. The van der Waals surface area contributed by atoms with E-state index in [4.69, 9.17) is 14.9 Å². The van der Waals surface area contributed by atoms with Crippen LogP contribution in [0.15, 0.2) is 0 Å². The lowest BCUT2D eigenvalue weighted by atomic mass is 10.1. The predicted octanol–water partition coefficient (Wildman–Crippen LogP) is -0.361. The first kappa shape index (κ1) is 16.2. The molecule has 0 heterocycles. The van der Waals surface area contributed by atoms with Crippen molar-refractivity contribution in [2.45, 2.75) is 31.8 Å². The number of carboxylic acids is 2. The quantitative estimate of drug-likeness (QED) is 0.473. The zero-order valence-corrected chi connectivity index (χ0v) is 10.3. The molecule has 0 aromatic heterocycles. The van der Waals surface area contributed by atoms with Crippen molar-refractivity contribution in [3.63, 3.8) is 0 Å². The van der Waals surface area contributed by atoms with Crippen LogP contribution in [-0.4, -0.2) is 54.0 Å². The number of hydrogen-bond donors (Lipinski definition) is 4. The number of ether oxygens (including phenoxy) is 1. The van der Waals surface area contributed by atoms with Crippen LogP contribution < -0.4 is 10.6 Å². The first-order chi connectivity index (χ1) is 8.36. The Labute approximate surface area is 104 Å². The van der Waals surface area contributed by atoms with E-state index in [2.05, 4.69) is 10.6 Å². The Hall–Kier alpha value is -1.83. The Morgan fingerprint density at radius 2 is 1.83 bits per heavy atom. The molecule has 0 radical (unpaired) electrons. The molecule has 0 bridgehead atoms. The summed E-state index contributed by atoms with van der Waals surface area (Å²) in [7, 11) is 1.48. The van der Waals surface area contributed by atoms with Crippen LogP contribution in [0.1, 0.15) is 19.8 Å². The molecule has 0 aliphatic rings. The molecule has 8 heteroatoms. The summed E-state index contributed by atoms with van der Waals surface area (Å²) >= 11 is 0. The van der Waals surface area contributed by atoms with Gasteiger partial charge in [-0.2, -0.15) is 0 Å². The van der Waals surface area contributed by atoms with Crippen LogP contribution in [0.25, 0.3) is 0 Å². The van der Waals surface area contributed by atoms with Gasteiger partial charge in [-0.25, -0.2) is 9.59 Å². The van der Waals surface area contributed by atoms with Crippen molar-refractivity contribution in [1.82, 2.24) is 10.6 Å². The normalized spacial score (nSPS) is 13.4. The summed E-state index contributed by atoms with van der Waals surface area (Å²) < 4.78 is 4.80. The molecule has 2 atom stereocenters. The van der Waals surface area contributed by atoms with Crippen molar-refractivity contribution in [2.24, 2.45) is 0 Å². The molecule has 2 unspecified atom stereocenters. The van der Waals surface area contributed by atoms with E-state index in [1.54, 1.807) is 6.92 Å². The van der Waals surface area contributed by atoms with Gasteiger partial charge in [-0.15, -0.1) is 0 Å².